The summed E-state index contributed by atoms with van der Waals surface area (Å²) in [5.74, 6) is -1.50. The van der Waals surface area contributed by atoms with Gasteiger partial charge >= 0.3 is 0 Å². The molecule has 1 amide bonds. The lowest BCUT2D eigenvalue weighted by atomic mass is 10.0. The quantitative estimate of drug-likeness (QED) is 0.798. The van der Waals surface area contributed by atoms with Gasteiger partial charge in [0.25, 0.3) is 0 Å². The normalized spacial score (nSPS) is 13.0. The molecule has 1 N–H and O–H groups in total. The molecule has 136 valence electrons. The second kappa shape index (κ2) is 8.07. The fourth-order valence-corrected chi connectivity index (χ4v) is 4.41. The number of sulfonamides is 1. The van der Waals surface area contributed by atoms with Gasteiger partial charge in [0.15, 0.2) is 0 Å². The largest absolute Gasteiger partial charge is 0.340 e. The van der Waals surface area contributed by atoms with E-state index in [4.69, 9.17) is 0 Å². The van der Waals surface area contributed by atoms with Crippen molar-refractivity contribution in [1.29, 1.82) is 0 Å². The van der Waals surface area contributed by atoms with E-state index < -0.39 is 26.8 Å². The van der Waals surface area contributed by atoms with E-state index in [9.17, 15) is 17.6 Å². The summed E-state index contributed by atoms with van der Waals surface area (Å²) in [4.78, 5) is 13.7. The van der Waals surface area contributed by atoms with Crippen LogP contribution in [0.4, 0.5) is 4.39 Å². The number of rotatable bonds is 7. The molecule has 2 rings (SSSR count). The van der Waals surface area contributed by atoms with Gasteiger partial charge in [0.05, 0.1) is 0 Å². The maximum atomic E-state index is 13.8. The minimum Gasteiger partial charge on any atom is -0.340 e. The molecule has 0 bridgehead atoms. The number of nitrogens with one attached hydrogen (secondary N) is 1. The van der Waals surface area contributed by atoms with Crippen molar-refractivity contribution in [1.82, 2.24) is 9.62 Å². The van der Waals surface area contributed by atoms with Gasteiger partial charge < -0.3 is 4.90 Å². The Bertz CT molecular complexity index is 820. The van der Waals surface area contributed by atoms with E-state index in [0.29, 0.717) is 6.54 Å². The van der Waals surface area contributed by atoms with Gasteiger partial charge in [-0.1, -0.05) is 26.0 Å². The molecule has 0 saturated heterocycles. The van der Waals surface area contributed by atoms with E-state index in [1.54, 1.807) is 20.9 Å². The van der Waals surface area contributed by atoms with Gasteiger partial charge in [-0.2, -0.15) is 16.1 Å². The molecule has 0 aliphatic carbocycles. The maximum absolute atomic E-state index is 13.8. The highest BCUT2D eigenvalue weighted by Crippen LogP contribution is 2.17. The summed E-state index contributed by atoms with van der Waals surface area (Å²) in [6, 6.07) is 6.02. The highest BCUT2D eigenvalue weighted by Gasteiger charge is 2.31. The first-order chi connectivity index (χ1) is 11.7. The molecule has 8 heteroatoms. The standard InChI is InChI=1S/C17H21FN2O3S2/c1-12(2)16(17(21)20(3)10-13-8-9-24-11-13)19-25(22,23)15-7-5-4-6-14(15)18/h4-9,11-12,16,19H,10H2,1-3H3/t16-/m0/s1. The van der Waals surface area contributed by atoms with Crippen LogP contribution in [-0.4, -0.2) is 32.3 Å². The second-order valence-corrected chi connectivity index (χ2v) is 8.56. The lowest BCUT2D eigenvalue weighted by molar-refractivity contribution is -0.133. The SMILES string of the molecule is CC(C)[C@H](NS(=O)(=O)c1ccccc1F)C(=O)N(C)Cc1ccsc1. The van der Waals surface area contributed by atoms with Crippen LogP contribution in [0.15, 0.2) is 46.0 Å². The van der Waals surface area contributed by atoms with Crippen molar-refractivity contribution in [3.8, 4) is 0 Å². The number of amides is 1. The molecule has 2 aromatic rings. The van der Waals surface area contributed by atoms with Gasteiger partial charge in [0.2, 0.25) is 15.9 Å². The van der Waals surface area contributed by atoms with Crippen molar-refractivity contribution in [2.24, 2.45) is 5.92 Å². The van der Waals surface area contributed by atoms with Gasteiger partial charge in [-0.3, -0.25) is 4.79 Å². The van der Waals surface area contributed by atoms with Crippen LogP contribution in [0.3, 0.4) is 0 Å². The number of likely N-dealkylation sites (N-methyl/N-ethyl adjacent to an activating group) is 1. The predicted molar refractivity (Wildman–Crippen MR) is 96.1 cm³/mol. The van der Waals surface area contributed by atoms with Crippen molar-refractivity contribution in [3.63, 3.8) is 0 Å². The molecular formula is C17H21FN2O3S2. The summed E-state index contributed by atoms with van der Waals surface area (Å²) >= 11 is 1.53. The lowest BCUT2D eigenvalue weighted by Crippen LogP contribution is -2.50. The summed E-state index contributed by atoms with van der Waals surface area (Å²) in [5.41, 5.74) is 0.973. The predicted octanol–water partition coefficient (Wildman–Crippen LogP) is 2.85. The topological polar surface area (TPSA) is 66.5 Å². The molecule has 0 spiro atoms. The second-order valence-electron chi connectivity index (χ2n) is 6.10. The molecule has 5 nitrogen and oxygen atoms in total. The number of hydrogen-bond acceptors (Lipinski definition) is 4. The van der Waals surface area contributed by atoms with Gasteiger partial charge in [-0.05, 0) is 40.4 Å². The molecule has 0 unspecified atom stereocenters. The maximum Gasteiger partial charge on any atom is 0.244 e. The number of carbonyl (C=O) groups excluding carboxylic acids is 1. The van der Waals surface area contributed by atoms with Crippen molar-refractivity contribution in [2.45, 2.75) is 31.3 Å². The number of carbonyl (C=O) groups is 1. The summed E-state index contributed by atoms with van der Waals surface area (Å²) in [6.07, 6.45) is 0. The van der Waals surface area contributed by atoms with E-state index in [1.165, 1.54) is 34.4 Å². The fourth-order valence-electron chi connectivity index (χ4n) is 2.34. The molecule has 0 radical (unpaired) electrons. The number of nitrogens with zero attached hydrogens (tertiary/aromatic N) is 1. The van der Waals surface area contributed by atoms with E-state index in [-0.39, 0.29) is 11.8 Å². The third-order valence-corrected chi connectivity index (χ3v) is 5.92. The first-order valence-corrected chi connectivity index (χ1v) is 10.2. The summed E-state index contributed by atoms with van der Waals surface area (Å²) in [6.45, 7) is 3.86. The van der Waals surface area contributed by atoms with Crippen LogP contribution in [0.2, 0.25) is 0 Å². The Balaban J connectivity index is 2.20. The van der Waals surface area contributed by atoms with E-state index in [0.717, 1.165) is 11.6 Å². The molecule has 1 aromatic heterocycles. The van der Waals surface area contributed by atoms with Crippen LogP contribution in [0.5, 0.6) is 0 Å². The first kappa shape index (κ1) is 19.6. The number of halogens is 1. The van der Waals surface area contributed by atoms with Crippen molar-refractivity contribution in [3.05, 3.63) is 52.5 Å². The molecule has 0 fully saturated rings. The average molecular weight is 384 g/mol. The lowest BCUT2D eigenvalue weighted by Gasteiger charge is -2.26. The van der Waals surface area contributed by atoms with Crippen LogP contribution in [-0.2, 0) is 21.4 Å². The zero-order chi connectivity index (χ0) is 18.6. The fraction of sp³-hybridized carbons (Fsp3) is 0.353. The van der Waals surface area contributed by atoms with Crippen LogP contribution >= 0.6 is 11.3 Å². The third-order valence-electron chi connectivity index (χ3n) is 3.72. The zero-order valence-corrected chi connectivity index (χ0v) is 15.9. The van der Waals surface area contributed by atoms with Gasteiger partial charge in [-0.25, -0.2) is 12.8 Å². The zero-order valence-electron chi connectivity index (χ0n) is 14.3. The van der Waals surface area contributed by atoms with Crippen LogP contribution < -0.4 is 4.72 Å². The van der Waals surface area contributed by atoms with E-state index in [2.05, 4.69) is 4.72 Å². The number of hydrogen-bond donors (Lipinski definition) is 1. The third kappa shape index (κ3) is 4.87. The summed E-state index contributed by atoms with van der Waals surface area (Å²) in [7, 11) is -2.53. The molecule has 1 aromatic carbocycles. The molecule has 1 atom stereocenters. The monoisotopic (exact) mass is 384 g/mol. The van der Waals surface area contributed by atoms with Gasteiger partial charge in [0, 0.05) is 13.6 Å². The Labute approximate surface area is 151 Å². The Kier molecular flexibility index (Phi) is 6.31. The Morgan fingerprint density at radius 2 is 1.96 bits per heavy atom. The van der Waals surface area contributed by atoms with Crippen molar-refractivity contribution >= 4 is 27.3 Å². The summed E-state index contributed by atoms with van der Waals surface area (Å²) in [5, 5.41) is 3.84. The highest BCUT2D eigenvalue weighted by molar-refractivity contribution is 7.89. The van der Waals surface area contributed by atoms with Gasteiger partial charge in [0.1, 0.15) is 16.8 Å². The smallest absolute Gasteiger partial charge is 0.244 e. The number of thiophene rings is 1. The molecule has 0 saturated carbocycles. The first-order valence-electron chi connectivity index (χ1n) is 7.75. The minimum atomic E-state index is -4.15. The number of benzene rings is 1. The van der Waals surface area contributed by atoms with Crippen LogP contribution in [0.1, 0.15) is 19.4 Å². The molecule has 0 aliphatic heterocycles. The Morgan fingerprint density at radius 3 is 2.52 bits per heavy atom. The Hall–Kier alpha value is -1.77. The Morgan fingerprint density at radius 1 is 1.28 bits per heavy atom. The van der Waals surface area contributed by atoms with Crippen molar-refractivity contribution in [2.75, 3.05) is 7.05 Å². The van der Waals surface area contributed by atoms with E-state index in [1.807, 2.05) is 16.8 Å². The molecule has 0 aliphatic rings. The molecular weight excluding hydrogens is 363 g/mol. The molecule has 1 heterocycles. The van der Waals surface area contributed by atoms with E-state index >= 15 is 0 Å². The van der Waals surface area contributed by atoms with Crippen LogP contribution in [0, 0.1) is 11.7 Å². The van der Waals surface area contributed by atoms with Gasteiger partial charge in [-0.15, -0.1) is 0 Å². The van der Waals surface area contributed by atoms with Crippen molar-refractivity contribution < 1.29 is 17.6 Å². The van der Waals surface area contributed by atoms with Crippen LogP contribution in [0.25, 0.3) is 0 Å². The minimum absolute atomic E-state index is 0.293. The summed E-state index contributed by atoms with van der Waals surface area (Å²) < 4.78 is 41.2. The highest BCUT2D eigenvalue weighted by atomic mass is 32.2. The molecule has 25 heavy (non-hydrogen) atoms. The average Bonchev–Trinajstić information content (AvgIpc) is 3.05.